The van der Waals surface area contributed by atoms with E-state index in [0.717, 1.165) is 12.1 Å². The number of carbonyl (C=O) groups excluding carboxylic acids is 1. The number of amides is 1. The fraction of sp³-hybridized carbons (Fsp3) is 0.333. The molecule has 0 heterocycles. The molecule has 6 heteroatoms. The van der Waals surface area contributed by atoms with E-state index >= 15 is 0 Å². The van der Waals surface area contributed by atoms with Crippen molar-refractivity contribution in [3.05, 3.63) is 29.8 Å². The van der Waals surface area contributed by atoms with Crippen LogP contribution in [0.4, 0.5) is 14.5 Å². The molecule has 0 aromatic heterocycles. The molecule has 0 saturated heterocycles. The first-order valence-electron chi connectivity index (χ1n) is 5.31. The number of carbonyl (C=O) groups is 2. The minimum absolute atomic E-state index is 0.0864. The van der Waals surface area contributed by atoms with Gasteiger partial charge in [0, 0.05) is 17.7 Å². The van der Waals surface area contributed by atoms with Gasteiger partial charge in [-0.2, -0.15) is 0 Å². The Morgan fingerprint density at radius 1 is 1.17 bits per heavy atom. The zero-order valence-electron chi connectivity index (χ0n) is 9.91. The first kappa shape index (κ1) is 14.1. The van der Waals surface area contributed by atoms with E-state index in [-0.39, 0.29) is 5.69 Å². The Morgan fingerprint density at radius 3 is 2.28 bits per heavy atom. The van der Waals surface area contributed by atoms with Crippen LogP contribution in [-0.2, 0) is 9.59 Å². The maximum absolute atomic E-state index is 12.9. The molecule has 1 aromatic carbocycles. The van der Waals surface area contributed by atoms with E-state index in [4.69, 9.17) is 5.11 Å². The molecule has 2 unspecified atom stereocenters. The summed E-state index contributed by atoms with van der Waals surface area (Å²) in [5.74, 6) is -5.39. The molecule has 18 heavy (non-hydrogen) atoms. The average Bonchev–Trinajstić information content (AvgIpc) is 2.31. The smallest absolute Gasteiger partial charge is 0.307 e. The number of anilines is 1. The predicted molar refractivity (Wildman–Crippen MR) is 61.0 cm³/mol. The summed E-state index contributed by atoms with van der Waals surface area (Å²) in [7, 11) is 0. The van der Waals surface area contributed by atoms with Crippen molar-refractivity contribution in [1.29, 1.82) is 0 Å². The molecule has 1 rings (SSSR count). The van der Waals surface area contributed by atoms with E-state index in [0.29, 0.717) is 0 Å². The minimum Gasteiger partial charge on any atom is -0.481 e. The molecule has 2 atom stereocenters. The van der Waals surface area contributed by atoms with Gasteiger partial charge >= 0.3 is 5.97 Å². The van der Waals surface area contributed by atoms with Crippen LogP contribution in [0.1, 0.15) is 13.8 Å². The zero-order valence-corrected chi connectivity index (χ0v) is 9.91. The maximum atomic E-state index is 12.9. The predicted octanol–water partition coefficient (Wildman–Crippen LogP) is 2.26. The summed E-state index contributed by atoms with van der Waals surface area (Å²) in [5, 5.41) is 11.1. The van der Waals surface area contributed by atoms with Crippen LogP contribution in [0.3, 0.4) is 0 Å². The van der Waals surface area contributed by atoms with Crippen LogP contribution in [0.2, 0.25) is 0 Å². The number of carboxylic acids is 1. The summed E-state index contributed by atoms with van der Waals surface area (Å²) >= 11 is 0. The second kappa shape index (κ2) is 5.57. The van der Waals surface area contributed by atoms with Crippen molar-refractivity contribution in [1.82, 2.24) is 0 Å². The number of carboxylic acid groups (broad SMARTS) is 1. The lowest BCUT2D eigenvalue weighted by Gasteiger charge is -2.15. The molecule has 0 aliphatic carbocycles. The van der Waals surface area contributed by atoms with Crippen molar-refractivity contribution in [3.8, 4) is 0 Å². The second-order valence-corrected chi connectivity index (χ2v) is 4.03. The van der Waals surface area contributed by atoms with Crippen molar-refractivity contribution >= 4 is 17.6 Å². The third-order valence-corrected chi connectivity index (χ3v) is 2.74. The van der Waals surface area contributed by atoms with Gasteiger partial charge in [-0.05, 0) is 12.1 Å². The normalized spacial score (nSPS) is 13.8. The number of benzene rings is 1. The van der Waals surface area contributed by atoms with Crippen LogP contribution < -0.4 is 5.32 Å². The van der Waals surface area contributed by atoms with E-state index in [1.807, 2.05) is 0 Å². The number of hydrogen-bond acceptors (Lipinski definition) is 2. The van der Waals surface area contributed by atoms with E-state index in [1.165, 1.54) is 19.9 Å². The lowest BCUT2D eigenvalue weighted by atomic mass is 9.95. The van der Waals surface area contributed by atoms with E-state index in [1.54, 1.807) is 0 Å². The molecule has 4 nitrogen and oxygen atoms in total. The number of aliphatic carboxylic acids is 1. The highest BCUT2D eigenvalue weighted by atomic mass is 19.2. The SMILES string of the molecule is CC(C(=O)O)C(C)C(=O)Nc1ccc(F)c(F)c1. The van der Waals surface area contributed by atoms with Crippen molar-refractivity contribution in [2.75, 3.05) is 5.32 Å². The van der Waals surface area contributed by atoms with Crippen molar-refractivity contribution in [2.24, 2.45) is 11.8 Å². The Balaban J connectivity index is 2.75. The molecule has 1 amide bonds. The van der Waals surface area contributed by atoms with E-state index in [2.05, 4.69) is 5.32 Å². The highest BCUT2D eigenvalue weighted by Gasteiger charge is 2.25. The van der Waals surface area contributed by atoms with Crippen LogP contribution in [0.25, 0.3) is 0 Å². The molecule has 0 radical (unpaired) electrons. The monoisotopic (exact) mass is 257 g/mol. The molecule has 0 aliphatic rings. The molecule has 0 aliphatic heterocycles. The third kappa shape index (κ3) is 3.26. The summed E-state index contributed by atoms with van der Waals surface area (Å²) in [6.45, 7) is 2.85. The van der Waals surface area contributed by atoms with Crippen LogP contribution in [0, 0.1) is 23.5 Å². The lowest BCUT2D eigenvalue weighted by molar-refractivity contribution is -0.145. The van der Waals surface area contributed by atoms with E-state index < -0.39 is 35.3 Å². The molecule has 0 bridgehead atoms. The number of halogens is 2. The first-order chi connectivity index (χ1) is 8.32. The fourth-order valence-corrected chi connectivity index (χ4v) is 1.27. The van der Waals surface area contributed by atoms with Gasteiger partial charge in [0.15, 0.2) is 11.6 Å². The maximum Gasteiger partial charge on any atom is 0.307 e. The fourth-order valence-electron chi connectivity index (χ4n) is 1.27. The van der Waals surface area contributed by atoms with Crippen LogP contribution in [0.5, 0.6) is 0 Å². The Bertz CT molecular complexity index is 476. The largest absolute Gasteiger partial charge is 0.481 e. The molecule has 0 fully saturated rings. The average molecular weight is 257 g/mol. The molecule has 0 saturated carbocycles. The van der Waals surface area contributed by atoms with Gasteiger partial charge < -0.3 is 10.4 Å². The van der Waals surface area contributed by atoms with Gasteiger partial charge in [0.2, 0.25) is 5.91 Å². The van der Waals surface area contributed by atoms with Crippen LogP contribution in [0.15, 0.2) is 18.2 Å². The van der Waals surface area contributed by atoms with Gasteiger partial charge in [0.1, 0.15) is 0 Å². The van der Waals surface area contributed by atoms with Gasteiger partial charge in [-0.1, -0.05) is 13.8 Å². The topological polar surface area (TPSA) is 66.4 Å². The third-order valence-electron chi connectivity index (χ3n) is 2.74. The molecular weight excluding hydrogens is 244 g/mol. The number of rotatable bonds is 4. The second-order valence-electron chi connectivity index (χ2n) is 4.03. The molecule has 1 aromatic rings. The zero-order chi connectivity index (χ0) is 13.9. The lowest BCUT2D eigenvalue weighted by Crippen LogP contribution is -2.30. The Hall–Kier alpha value is -1.98. The van der Waals surface area contributed by atoms with Crippen LogP contribution in [-0.4, -0.2) is 17.0 Å². The van der Waals surface area contributed by atoms with Gasteiger partial charge in [0.05, 0.1) is 5.92 Å². The Morgan fingerprint density at radius 2 is 1.78 bits per heavy atom. The first-order valence-corrected chi connectivity index (χ1v) is 5.31. The summed E-state index contributed by atoms with van der Waals surface area (Å²) in [6.07, 6.45) is 0. The Labute approximate surface area is 103 Å². The molecule has 2 N–H and O–H groups in total. The standard InChI is InChI=1S/C12H13F2NO3/c1-6(7(2)12(17)18)11(16)15-8-3-4-9(13)10(14)5-8/h3-7H,1-2H3,(H,15,16)(H,17,18). The number of hydrogen-bond donors (Lipinski definition) is 2. The molecule has 98 valence electrons. The van der Waals surface area contributed by atoms with Gasteiger partial charge in [-0.3, -0.25) is 9.59 Å². The van der Waals surface area contributed by atoms with Crippen LogP contribution >= 0.6 is 0 Å². The van der Waals surface area contributed by atoms with Gasteiger partial charge in [-0.15, -0.1) is 0 Å². The Kier molecular flexibility index (Phi) is 4.36. The summed E-state index contributed by atoms with van der Waals surface area (Å²) < 4.78 is 25.6. The van der Waals surface area contributed by atoms with Crippen molar-refractivity contribution in [2.45, 2.75) is 13.8 Å². The summed E-state index contributed by atoms with van der Waals surface area (Å²) in [4.78, 5) is 22.4. The highest BCUT2D eigenvalue weighted by Crippen LogP contribution is 2.17. The van der Waals surface area contributed by atoms with Crippen molar-refractivity contribution < 1.29 is 23.5 Å². The van der Waals surface area contributed by atoms with E-state index in [9.17, 15) is 18.4 Å². The van der Waals surface area contributed by atoms with Crippen molar-refractivity contribution in [3.63, 3.8) is 0 Å². The quantitative estimate of drug-likeness (QED) is 0.869. The van der Waals surface area contributed by atoms with Gasteiger partial charge in [-0.25, -0.2) is 8.78 Å². The summed E-state index contributed by atoms with van der Waals surface area (Å²) in [5.41, 5.74) is 0.0864. The summed E-state index contributed by atoms with van der Waals surface area (Å²) in [6, 6.07) is 2.93. The molecular formula is C12H13F2NO3. The highest BCUT2D eigenvalue weighted by molar-refractivity contribution is 5.94. The molecule has 0 spiro atoms. The number of nitrogens with one attached hydrogen (secondary N) is 1. The minimum atomic E-state index is -1.09. The van der Waals surface area contributed by atoms with Gasteiger partial charge in [0.25, 0.3) is 0 Å².